The molecule has 0 saturated carbocycles. The van der Waals surface area contributed by atoms with Crippen molar-refractivity contribution >= 4 is 40.3 Å². The monoisotopic (exact) mass is 532 g/mol. The fourth-order valence-corrected chi connectivity index (χ4v) is 13.8. The Labute approximate surface area is 153 Å². The van der Waals surface area contributed by atoms with Crippen molar-refractivity contribution in [2.75, 3.05) is 0 Å². The standard InChI is InChI=1S/2C6H5.2C4H6O2.Pb/c2*1-2-4-6-5-3-1;2*1-3(2)4(5)6;/h2*1-5H;2*1H2,2H3,(H,5,6);/q;;;;+2/p-2. The Kier molecular flexibility index (Phi) is 6.30. The molecule has 0 atom stereocenters. The van der Waals surface area contributed by atoms with Gasteiger partial charge in [0.2, 0.25) is 0 Å². The summed E-state index contributed by atoms with van der Waals surface area (Å²) in [6, 6.07) is 18.3. The number of carbonyl (C=O) groups excluding carboxylic acids is 2. The molecule has 0 aromatic heterocycles. The molecule has 0 N–H and O–H groups in total. The first-order valence-electron chi connectivity index (χ1n) is 7.75. The predicted octanol–water partition coefficient (Wildman–Crippen LogP) is 2.48. The van der Waals surface area contributed by atoms with Crippen LogP contribution in [0.3, 0.4) is 0 Å². The summed E-state index contributed by atoms with van der Waals surface area (Å²) in [5, 5.41) is 0. The van der Waals surface area contributed by atoms with Crippen LogP contribution in [0.1, 0.15) is 13.8 Å². The zero-order valence-electron chi connectivity index (χ0n) is 14.3. The van der Waals surface area contributed by atoms with Crippen molar-refractivity contribution in [1.82, 2.24) is 0 Å². The van der Waals surface area contributed by atoms with E-state index in [1.165, 1.54) is 0 Å². The van der Waals surface area contributed by atoms with E-state index in [0.29, 0.717) is 0 Å². The van der Waals surface area contributed by atoms with E-state index in [1.54, 1.807) is 13.8 Å². The van der Waals surface area contributed by atoms with Gasteiger partial charge in [0.1, 0.15) is 0 Å². The third-order valence-corrected chi connectivity index (χ3v) is 15.7. The Hall–Kier alpha value is -2.22. The summed E-state index contributed by atoms with van der Waals surface area (Å²) in [4.78, 5) is 24.8. The van der Waals surface area contributed by atoms with Crippen LogP contribution in [-0.2, 0) is 15.0 Å². The van der Waals surface area contributed by atoms with Gasteiger partial charge in [0.15, 0.2) is 0 Å². The molecule has 0 spiro atoms. The van der Waals surface area contributed by atoms with Gasteiger partial charge in [0, 0.05) is 0 Å². The number of hydrogen-bond acceptors (Lipinski definition) is 4. The van der Waals surface area contributed by atoms with Gasteiger partial charge in [-0.2, -0.15) is 0 Å². The normalized spacial score (nSPS) is 10.6. The molecule has 0 heterocycles. The van der Waals surface area contributed by atoms with Crippen LogP contribution >= 0.6 is 0 Å². The third-order valence-electron chi connectivity index (χ3n) is 3.48. The Morgan fingerprint density at radius 3 is 1.32 bits per heavy atom. The van der Waals surface area contributed by atoms with Crippen molar-refractivity contribution in [2.45, 2.75) is 13.8 Å². The molecule has 0 radical (unpaired) electrons. The summed E-state index contributed by atoms with van der Waals surface area (Å²) in [5.41, 5.74) is 0.505. The summed E-state index contributed by atoms with van der Waals surface area (Å²) < 4.78 is 13.2. The molecule has 0 amide bonds. The number of hydrogen-bond donors (Lipinski definition) is 0. The molecule has 0 saturated heterocycles. The van der Waals surface area contributed by atoms with Crippen LogP contribution in [0.2, 0.25) is 0 Å². The maximum absolute atomic E-state index is 12.4. The van der Waals surface area contributed by atoms with Gasteiger partial charge in [0.05, 0.1) is 0 Å². The van der Waals surface area contributed by atoms with Gasteiger partial charge in [0.25, 0.3) is 0 Å². The van der Waals surface area contributed by atoms with Crippen LogP contribution in [0.5, 0.6) is 0 Å². The Balaban J connectivity index is 2.68. The molecular formula is C20H20O4Pb. The second kappa shape index (κ2) is 8.24. The fourth-order valence-electron chi connectivity index (χ4n) is 2.17. The second-order valence-electron chi connectivity index (χ2n) is 5.69. The number of benzene rings is 2. The van der Waals surface area contributed by atoms with Crippen LogP contribution < -0.4 is 6.25 Å². The van der Waals surface area contributed by atoms with E-state index in [-0.39, 0.29) is 11.1 Å². The summed E-state index contributed by atoms with van der Waals surface area (Å²) >= 11 is -4.76. The average Bonchev–Trinajstić information content (AvgIpc) is 2.62. The van der Waals surface area contributed by atoms with E-state index in [1.807, 2.05) is 60.7 Å². The van der Waals surface area contributed by atoms with Crippen LogP contribution in [0.25, 0.3) is 0 Å². The zero-order chi connectivity index (χ0) is 18.4. The van der Waals surface area contributed by atoms with E-state index in [4.69, 9.17) is 5.37 Å². The summed E-state index contributed by atoms with van der Waals surface area (Å²) in [7, 11) is 0. The fraction of sp³-hybridized carbons (Fsp3) is 0.100. The molecule has 128 valence electrons. The maximum atomic E-state index is 12.4. The van der Waals surface area contributed by atoms with Gasteiger partial charge in [-0.15, -0.1) is 0 Å². The van der Waals surface area contributed by atoms with Crippen molar-refractivity contribution in [3.05, 3.63) is 85.0 Å². The van der Waals surface area contributed by atoms with Crippen molar-refractivity contribution in [3.63, 3.8) is 0 Å². The minimum absolute atomic E-state index is 0.252. The summed E-state index contributed by atoms with van der Waals surface area (Å²) in [5.74, 6) is -1.13. The Bertz CT molecular complexity index is 727. The predicted molar refractivity (Wildman–Crippen MR) is 99.7 cm³/mol. The molecule has 0 bridgehead atoms. The minimum atomic E-state index is -4.76. The first-order valence-corrected chi connectivity index (χ1v) is 14.8. The molecule has 2 aromatic carbocycles. The van der Waals surface area contributed by atoms with Gasteiger partial charge in [-0.05, 0) is 0 Å². The molecule has 0 unspecified atom stereocenters. The van der Waals surface area contributed by atoms with E-state index in [2.05, 4.69) is 13.2 Å². The van der Waals surface area contributed by atoms with Crippen molar-refractivity contribution in [3.8, 4) is 0 Å². The molecule has 5 heteroatoms. The number of rotatable bonds is 6. The first-order chi connectivity index (χ1) is 11.9. The molecule has 2 rings (SSSR count). The average molecular weight is 532 g/mol. The molecule has 0 aliphatic heterocycles. The van der Waals surface area contributed by atoms with Crippen LogP contribution in [0, 0.1) is 0 Å². The summed E-state index contributed by atoms with van der Waals surface area (Å²) in [6.45, 7) is 10.4. The topological polar surface area (TPSA) is 52.6 Å². The van der Waals surface area contributed by atoms with Crippen molar-refractivity contribution in [1.29, 1.82) is 0 Å². The first kappa shape index (κ1) is 19.1. The van der Waals surface area contributed by atoms with Crippen LogP contribution in [0.15, 0.2) is 85.0 Å². The van der Waals surface area contributed by atoms with Gasteiger partial charge in [-0.3, -0.25) is 0 Å². The van der Waals surface area contributed by atoms with Crippen molar-refractivity contribution in [2.24, 2.45) is 0 Å². The van der Waals surface area contributed by atoms with Crippen LogP contribution in [-0.4, -0.2) is 34.0 Å². The van der Waals surface area contributed by atoms with Crippen LogP contribution in [0.4, 0.5) is 0 Å². The molecule has 2 aromatic rings. The zero-order valence-corrected chi connectivity index (χ0v) is 18.2. The van der Waals surface area contributed by atoms with Gasteiger partial charge in [-0.1, -0.05) is 0 Å². The quantitative estimate of drug-likeness (QED) is 0.425. The molecule has 4 nitrogen and oxygen atoms in total. The SMILES string of the molecule is C=C(C)C(=O)[O][Pb]([O]C(=O)C(=C)C)([c]1ccccc1)[c]1ccccc1. The van der Waals surface area contributed by atoms with Gasteiger partial charge < -0.3 is 0 Å². The molecule has 0 aliphatic carbocycles. The Morgan fingerprint density at radius 1 is 0.720 bits per heavy atom. The number of carbonyl (C=O) groups is 2. The van der Waals surface area contributed by atoms with Gasteiger partial charge in [-0.25, -0.2) is 0 Å². The van der Waals surface area contributed by atoms with E-state index < -0.39 is 34.0 Å². The molecule has 25 heavy (non-hydrogen) atoms. The Morgan fingerprint density at radius 2 is 1.04 bits per heavy atom. The van der Waals surface area contributed by atoms with E-state index >= 15 is 0 Å². The van der Waals surface area contributed by atoms with E-state index in [0.717, 1.165) is 6.25 Å². The van der Waals surface area contributed by atoms with E-state index in [9.17, 15) is 9.59 Å². The molecular weight excluding hydrogens is 511 g/mol. The summed E-state index contributed by atoms with van der Waals surface area (Å²) in [6.07, 6.45) is 0. The van der Waals surface area contributed by atoms with Crippen molar-refractivity contribution < 1.29 is 15.0 Å². The van der Waals surface area contributed by atoms with Gasteiger partial charge >= 0.3 is 154 Å². The second-order valence-corrected chi connectivity index (χ2v) is 16.6. The third kappa shape index (κ3) is 4.45. The molecule has 0 fully saturated rings. The molecule has 0 aliphatic rings.